The van der Waals surface area contributed by atoms with Gasteiger partial charge in [-0.15, -0.1) is 0 Å². The fraction of sp³-hybridized carbons (Fsp3) is 0.917. The molecule has 1 aliphatic carbocycles. The third kappa shape index (κ3) is 3.13. The van der Waals surface area contributed by atoms with E-state index in [1.807, 2.05) is 0 Å². The van der Waals surface area contributed by atoms with Crippen molar-refractivity contribution in [3.8, 4) is 0 Å². The van der Waals surface area contributed by atoms with Crippen molar-refractivity contribution in [2.24, 2.45) is 23.2 Å². The van der Waals surface area contributed by atoms with Gasteiger partial charge in [0.2, 0.25) is 0 Å². The molecule has 0 bridgehead atoms. The van der Waals surface area contributed by atoms with Gasteiger partial charge in [0.1, 0.15) is 6.29 Å². The zero-order chi connectivity index (χ0) is 10.1. The van der Waals surface area contributed by atoms with Gasteiger partial charge in [-0.2, -0.15) is 0 Å². The second kappa shape index (κ2) is 3.81. The van der Waals surface area contributed by atoms with Crippen molar-refractivity contribution in [2.75, 3.05) is 0 Å². The molecule has 3 unspecified atom stereocenters. The minimum absolute atomic E-state index is 0.342. The zero-order valence-corrected chi connectivity index (χ0v) is 9.34. The van der Waals surface area contributed by atoms with Crippen LogP contribution in [0, 0.1) is 23.2 Å². The monoisotopic (exact) mass is 182 g/mol. The summed E-state index contributed by atoms with van der Waals surface area (Å²) >= 11 is 0. The molecular formula is C12H22O. The minimum atomic E-state index is 0.342. The third-order valence-electron chi connectivity index (χ3n) is 3.03. The number of carbonyl (C=O) groups is 1. The Morgan fingerprint density at radius 3 is 2.38 bits per heavy atom. The van der Waals surface area contributed by atoms with E-state index in [0.29, 0.717) is 17.3 Å². The Labute approximate surface area is 81.9 Å². The van der Waals surface area contributed by atoms with Gasteiger partial charge in [0.05, 0.1) is 0 Å². The van der Waals surface area contributed by atoms with Crippen molar-refractivity contribution in [3.63, 3.8) is 0 Å². The van der Waals surface area contributed by atoms with Crippen molar-refractivity contribution in [2.45, 2.75) is 47.0 Å². The SMILES string of the molecule is CC1CC(C=O)C(CC(C)(C)C)C1. The highest BCUT2D eigenvalue weighted by atomic mass is 16.1. The highest BCUT2D eigenvalue weighted by Crippen LogP contribution is 2.41. The summed E-state index contributed by atoms with van der Waals surface area (Å²) in [7, 11) is 0. The summed E-state index contributed by atoms with van der Waals surface area (Å²) in [5.41, 5.74) is 0.371. The summed E-state index contributed by atoms with van der Waals surface area (Å²) in [6.07, 6.45) is 4.74. The molecule has 0 N–H and O–H groups in total. The van der Waals surface area contributed by atoms with Crippen molar-refractivity contribution < 1.29 is 4.79 Å². The van der Waals surface area contributed by atoms with Crippen LogP contribution in [-0.2, 0) is 4.79 Å². The molecule has 1 rings (SSSR count). The van der Waals surface area contributed by atoms with Gasteiger partial charge >= 0.3 is 0 Å². The number of hydrogen-bond donors (Lipinski definition) is 0. The smallest absolute Gasteiger partial charge is 0.123 e. The van der Waals surface area contributed by atoms with Crippen molar-refractivity contribution in [1.82, 2.24) is 0 Å². The zero-order valence-electron chi connectivity index (χ0n) is 9.34. The largest absolute Gasteiger partial charge is 0.303 e. The molecule has 0 heterocycles. The molecule has 0 amide bonds. The van der Waals surface area contributed by atoms with Crippen LogP contribution in [0.25, 0.3) is 0 Å². The van der Waals surface area contributed by atoms with Gasteiger partial charge in [0.25, 0.3) is 0 Å². The van der Waals surface area contributed by atoms with E-state index in [9.17, 15) is 4.79 Å². The summed E-state index contributed by atoms with van der Waals surface area (Å²) in [5.74, 6) is 1.74. The molecule has 13 heavy (non-hydrogen) atoms. The molecule has 1 nitrogen and oxygen atoms in total. The summed E-state index contributed by atoms with van der Waals surface area (Å²) in [5, 5.41) is 0. The molecule has 1 aliphatic rings. The summed E-state index contributed by atoms with van der Waals surface area (Å²) < 4.78 is 0. The molecule has 3 atom stereocenters. The van der Waals surface area contributed by atoms with E-state index in [2.05, 4.69) is 27.7 Å². The summed E-state index contributed by atoms with van der Waals surface area (Å²) in [6.45, 7) is 9.05. The Bertz CT molecular complexity index is 178. The van der Waals surface area contributed by atoms with Gasteiger partial charge in [0, 0.05) is 5.92 Å². The van der Waals surface area contributed by atoms with Crippen LogP contribution in [0.1, 0.15) is 47.0 Å². The fourth-order valence-corrected chi connectivity index (χ4v) is 2.63. The van der Waals surface area contributed by atoms with E-state index >= 15 is 0 Å². The van der Waals surface area contributed by atoms with Crippen molar-refractivity contribution >= 4 is 6.29 Å². The Kier molecular flexibility index (Phi) is 3.15. The lowest BCUT2D eigenvalue weighted by Crippen LogP contribution is -2.17. The second-order valence-electron chi connectivity index (χ2n) is 5.90. The number of hydrogen-bond acceptors (Lipinski definition) is 1. The second-order valence-corrected chi connectivity index (χ2v) is 5.90. The Morgan fingerprint density at radius 2 is 1.92 bits per heavy atom. The van der Waals surface area contributed by atoms with E-state index in [0.717, 1.165) is 12.3 Å². The molecule has 0 aromatic rings. The number of aldehydes is 1. The highest BCUT2D eigenvalue weighted by Gasteiger charge is 2.33. The van der Waals surface area contributed by atoms with Crippen LogP contribution in [0.3, 0.4) is 0 Å². The Balaban J connectivity index is 2.54. The first-order valence-electron chi connectivity index (χ1n) is 5.37. The maximum absolute atomic E-state index is 10.8. The van der Waals surface area contributed by atoms with Crippen LogP contribution in [-0.4, -0.2) is 6.29 Å². The lowest BCUT2D eigenvalue weighted by Gasteiger charge is -2.25. The van der Waals surface area contributed by atoms with Crippen LogP contribution < -0.4 is 0 Å². The first kappa shape index (κ1) is 10.7. The van der Waals surface area contributed by atoms with Crippen LogP contribution in [0.4, 0.5) is 0 Å². The van der Waals surface area contributed by atoms with Crippen LogP contribution >= 0.6 is 0 Å². The first-order valence-corrected chi connectivity index (χ1v) is 5.37. The fourth-order valence-electron chi connectivity index (χ4n) is 2.63. The van der Waals surface area contributed by atoms with Gasteiger partial charge in [-0.05, 0) is 36.5 Å². The van der Waals surface area contributed by atoms with Gasteiger partial charge < -0.3 is 4.79 Å². The van der Waals surface area contributed by atoms with E-state index in [1.165, 1.54) is 19.1 Å². The maximum Gasteiger partial charge on any atom is 0.123 e. The van der Waals surface area contributed by atoms with Gasteiger partial charge in [-0.25, -0.2) is 0 Å². The topological polar surface area (TPSA) is 17.1 Å². The average Bonchev–Trinajstić information content (AvgIpc) is 2.27. The minimum Gasteiger partial charge on any atom is -0.303 e. The predicted molar refractivity (Wildman–Crippen MR) is 55.5 cm³/mol. The molecule has 0 aromatic heterocycles. The van der Waals surface area contributed by atoms with Gasteiger partial charge in [0.15, 0.2) is 0 Å². The predicted octanol–water partition coefficient (Wildman–Crippen LogP) is 3.28. The van der Waals surface area contributed by atoms with E-state index in [-0.39, 0.29) is 0 Å². The molecule has 1 fully saturated rings. The van der Waals surface area contributed by atoms with Crippen LogP contribution in [0.5, 0.6) is 0 Å². The van der Waals surface area contributed by atoms with Crippen LogP contribution in [0.2, 0.25) is 0 Å². The molecule has 0 aromatic carbocycles. The summed E-state index contributed by atoms with van der Waals surface area (Å²) in [4.78, 5) is 10.8. The van der Waals surface area contributed by atoms with Gasteiger partial charge in [-0.3, -0.25) is 0 Å². The first-order chi connectivity index (χ1) is 5.92. The lowest BCUT2D eigenvalue weighted by molar-refractivity contribution is -0.112. The molecule has 0 saturated heterocycles. The third-order valence-corrected chi connectivity index (χ3v) is 3.03. The lowest BCUT2D eigenvalue weighted by atomic mass is 9.80. The molecule has 1 heteroatoms. The summed E-state index contributed by atoms with van der Waals surface area (Å²) in [6, 6.07) is 0. The molecule has 0 aliphatic heterocycles. The normalized spacial score (nSPS) is 34.9. The average molecular weight is 182 g/mol. The molecule has 0 radical (unpaired) electrons. The number of rotatable bonds is 2. The van der Waals surface area contributed by atoms with Crippen LogP contribution in [0.15, 0.2) is 0 Å². The maximum atomic E-state index is 10.8. The van der Waals surface area contributed by atoms with E-state index in [1.54, 1.807) is 0 Å². The van der Waals surface area contributed by atoms with E-state index in [4.69, 9.17) is 0 Å². The highest BCUT2D eigenvalue weighted by molar-refractivity contribution is 5.54. The quantitative estimate of drug-likeness (QED) is 0.599. The van der Waals surface area contributed by atoms with Gasteiger partial charge in [-0.1, -0.05) is 27.7 Å². The van der Waals surface area contributed by atoms with Crippen molar-refractivity contribution in [3.05, 3.63) is 0 Å². The molecule has 1 saturated carbocycles. The van der Waals surface area contributed by atoms with E-state index < -0.39 is 0 Å². The molecular weight excluding hydrogens is 160 g/mol. The molecule has 0 spiro atoms. The standard InChI is InChI=1S/C12H22O/c1-9-5-10(7-12(2,3)4)11(6-9)8-13/h8-11H,5-7H2,1-4H3. The Hall–Kier alpha value is -0.330. The Morgan fingerprint density at radius 1 is 1.31 bits per heavy atom. The van der Waals surface area contributed by atoms with Crippen molar-refractivity contribution in [1.29, 1.82) is 0 Å². The molecule has 76 valence electrons. The number of carbonyl (C=O) groups excluding carboxylic acids is 1.